The molecule has 5 nitrogen and oxygen atoms in total. The molecule has 4 N–H and O–H groups in total. The van der Waals surface area contributed by atoms with E-state index < -0.39 is 5.54 Å². The minimum absolute atomic E-state index is 0.193. The van der Waals surface area contributed by atoms with Crippen molar-refractivity contribution < 1.29 is 4.79 Å². The Bertz CT molecular complexity index is 646. The van der Waals surface area contributed by atoms with Crippen LogP contribution in [0, 0.1) is 12.3 Å². The zero-order valence-corrected chi connectivity index (χ0v) is 13.7. The average molecular weight is 300 g/mol. The van der Waals surface area contributed by atoms with Gasteiger partial charge in [0.2, 0.25) is 0 Å². The molecule has 0 aliphatic carbocycles. The molecule has 5 heteroatoms. The molecule has 0 atom stereocenters. The van der Waals surface area contributed by atoms with Gasteiger partial charge in [-0.2, -0.15) is 0 Å². The van der Waals surface area contributed by atoms with Gasteiger partial charge in [0.25, 0.3) is 0 Å². The monoisotopic (exact) mass is 300 g/mol. The van der Waals surface area contributed by atoms with Gasteiger partial charge in [0.15, 0.2) is 0 Å². The molecule has 1 aromatic carbocycles. The standard InChI is InChI=1S/C17H24N4O/c1-5-13(18)12-10-21(17(3,4)15(12)19)16(22)20-14-9-7-6-8-11(14)2/h6-9,18H,5,10,19H2,1-4H3,(H,20,22). The Morgan fingerprint density at radius 3 is 2.64 bits per heavy atom. The molecule has 0 spiro atoms. The lowest BCUT2D eigenvalue weighted by atomic mass is 9.98. The summed E-state index contributed by atoms with van der Waals surface area (Å²) in [7, 11) is 0. The molecule has 1 aliphatic heterocycles. The maximum atomic E-state index is 12.6. The molecular formula is C17H24N4O. The first kappa shape index (κ1) is 16.1. The first-order valence-corrected chi connectivity index (χ1v) is 7.50. The van der Waals surface area contributed by atoms with Gasteiger partial charge in [0.05, 0.1) is 12.1 Å². The third-order valence-electron chi connectivity index (χ3n) is 4.32. The average Bonchev–Trinajstić information content (AvgIpc) is 2.72. The highest BCUT2D eigenvalue weighted by molar-refractivity contribution is 6.01. The van der Waals surface area contributed by atoms with E-state index >= 15 is 0 Å². The Morgan fingerprint density at radius 2 is 2.05 bits per heavy atom. The van der Waals surface area contributed by atoms with E-state index in [0.29, 0.717) is 24.4 Å². The number of nitrogens with two attached hydrogens (primary N) is 1. The van der Waals surface area contributed by atoms with Gasteiger partial charge in [-0.3, -0.25) is 0 Å². The molecule has 0 unspecified atom stereocenters. The van der Waals surface area contributed by atoms with Crippen molar-refractivity contribution in [2.24, 2.45) is 5.73 Å². The molecule has 0 fully saturated rings. The van der Waals surface area contributed by atoms with Crippen molar-refractivity contribution in [3.8, 4) is 0 Å². The van der Waals surface area contributed by atoms with E-state index in [1.165, 1.54) is 0 Å². The summed E-state index contributed by atoms with van der Waals surface area (Å²) in [6.07, 6.45) is 0.610. The highest BCUT2D eigenvalue weighted by Gasteiger charge is 2.41. The normalized spacial score (nSPS) is 16.8. The number of aryl methyl sites for hydroxylation is 1. The molecule has 22 heavy (non-hydrogen) atoms. The second kappa shape index (κ2) is 5.83. The highest BCUT2D eigenvalue weighted by atomic mass is 16.2. The SMILES string of the molecule is CCC(=N)C1=C(N)C(C)(C)N(C(=O)Nc2ccccc2C)C1. The van der Waals surface area contributed by atoms with E-state index in [1.54, 1.807) is 4.90 Å². The predicted molar refractivity (Wildman–Crippen MR) is 90.2 cm³/mol. The van der Waals surface area contributed by atoms with E-state index in [0.717, 1.165) is 16.8 Å². The molecule has 0 saturated heterocycles. The zero-order valence-electron chi connectivity index (χ0n) is 13.7. The van der Waals surface area contributed by atoms with Crippen molar-refractivity contribution in [3.05, 3.63) is 41.1 Å². The lowest BCUT2D eigenvalue weighted by Gasteiger charge is -2.33. The third kappa shape index (κ3) is 2.71. The lowest BCUT2D eigenvalue weighted by molar-refractivity contribution is 0.184. The first-order valence-electron chi connectivity index (χ1n) is 7.50. The molecule has 1 aromatic rings. The smallest absolute Gasteiger partial charge is 0.322 e. The number of nitrogens with one attached hydrogen (secondary N) is 2. The Kier molecular flexibility index (Phi) is 4.26. The van der Waals surface area contributed by atoms with Gasteiger partial charge in [-0.15, -0.1) is 0 Å². The Hall–Kier alpha value is -2.30. The maximum absolute atomic E-state index is 12.6. The maximum Gasteiger partial charge on any atom is 0.322 e. The number of urea groups is 1. The largest absolute Gasteiger partial charge is 0.400 e. The lowest BCUT2D eigenvalue weighted by Crippen LogP contribution is -2.48. The van der Waals surface area contributed by atoms with Crippen molar-refractivity contribution in [2.75, 3.05) is 11.9 Å². The van der Waals surface area contributed by atoms with Crippen molar-refractivity contribution in [1.29, 1.82) is 5.41 Å². The zero-order chi connectivity index (χ0) is 16.5. The number of rotatable bonds is 3. The van der Waals surface area contributed by atoms with E-state index in [4.69, 9.17) is 11.1 Å². The van der Waals surface area contributed by atoms with Crippen LogP contribution in [0.15, 0.2) is 35.5 Å². The third-order valence-corrected chi connectivity index (χ3v) is 4.32. The van der Waals surface area contributed by atoms with Gasteiger partial charge in [-0.1, -0.05) is 25.1 Å². The fourth-order valence-corrected chi connectivity index (χ4v) is 2.65. The topological polar surface area (TPSA) is 82.2 Å². The van der Waals surface area contributed by atoms with Crippen LogP contribution in [0.5, 0.6) is 0 Å². The van der Waals surface area contributed by atoms with Gasteiger partial charge in [0.1, 0.15) is 0 Å². The molecule has 1 aliphatic rings. The number of para-hydroxylation sites is 1. The Labute approximate surface area is 131 Å². The van der Waals surface area contributed by atoms with Crippen molar-refractivity contribution >= 4 is 17.4 Å². The van der Waals surface area contributed by atoms with Crippen LogP contribution >= 0.6 is 0 Å². The molecule has 0 aromatic heterocycles. The summed E-state index contributed by atoms with van der Waals surface area (Å²) in [6, 6.07) is 7.46. The number of hydrogen-bond acceptors (Lipinski definition) is 3. The van der Waals surface area contributed by atoms with Crippen molar-refractivity contribution in [3.63, 3.8) is 0 Å². The molecule has 2 rings (SSSR count). The predicted octanol–water partition coefficient (Wildman–Crippen LogP) is 3.26. The number of nitrogens with zero attached hydrogens (tertiary/aromatic N) is 1. The number of benzene rings is 1. The second-order valence-corrected chi connectivity index (χ2v) is 6.11. The van der Waals surface area contributed by atoms with Crippen LogP contribution in [-0.4, -0.2) is 28.7 Å². The van der Waals surface area contributed by atoms with E-state index in [-0.39, 0.29) is 6.03 Å². The summed E-state index contributed by atoms with van der Waals surface area (Å²) in [5, 5.41) is 11.0. The minimum Gasteiger partial charge on any atom is -0.400 e. The highest BCUT2D eigenvalue weighted by Crippen LogP contribution is 2.32. The number of amides is 2. The van der Waals surface area contributed by atoms with Crippen LogP contribution in [0.2, 0.25) is 0 Å². The Morgan fingerprint density at radius 1 is 1.41 bits per heavy atom. The number of carbonyl (C=O) groups excluding carboxylic acids is 1. The number of anilines is 1. The van der Waals surface area contributed by atoms with E-state index in [2.05, 4.69) is 5.32 Å². The van der Waals surface area contributed by atoms with Crippen LogP contribution < -0.4 is 11.1 Å². The summed E-state index contributed by atoms with van der Waals surface area (Å²) in [6.45, 7) is 8.08. The molecule has 1 heterocycles. The summed E-state index contributed by atoms with van der Waals surface area (Å²) in [5.41, 5.74) is 9.29. The molecular weight excluding hydrogens is 276 g/mol. The van der Waals surface area contributed by atoms with Crippen LogP contribution in [-0.2, 0) is 0 Å². The second-order valence-electron chi connectivity index (χ2n) is 6.11. The summed E-state index contributed by atoms with van der Waals surface area (Å²) in [5.74, 6) is 0. The molecule has 0 bridgehead atoms. The molecule has 2 amide bonds. The van der Waals surface area contributed by atoms with Gasteiger partial charge in [-0.25, -0.2) is 4.79 Å². The molecule has 118 valence electrons. The number of carbonyl (C=O) groups is 1. The minimum atomic E-state index is -0.594. The van der Waals surface area contributed by atoms with E-state index in [9.17, 15) is 4.79 Å². The van der Waals surface area contributed by atoms with Crippen LogP contribution in [0.3, 0.4) is 0 Å². The van der Waals surface area contributed by atoms with Crippen molar-refractivity contribution in [1.82, 2.24) is 4.90 Å². The fraction of sp³-hybridized carbons (Fsp3) is 0.412. The summed E-state index contributed by atoms with van der Waals surface area (Å²) in [4.78, 5) is 14.3. The van der Waals surface area contributed by atoms with Crippen molar-refractivity contribution in [2.45, 2.75) is 39.7 Å². The molecule has 0 radical (unpaired) electrons. The van der Waals surface area contributed by atoms with Gasteiger partial charge in [-0.05, 0) is 38.8 Å². The van der Waals surface area contributed by atoms with Crippen LogP contribution in [0.4, 0.5) is 10.5 Å². The van der Waals surface area contributed by atoms with Crippen LogP contribution in [0.25, 0.3) is 0 Å². The number of hydrogen-bond donors (Lipinski definition) is 3. The quantitative estimate of drug-likeness (QED) is 0.749. The summed E-state index contributed by atoms with van der Waals surface area (Å²) >= 11 is 0. The summed E-state index contributed by atoms with van der Waals surface area (Å²) < 4.78 is 0. The van der Waals surface area contributed by atoms with E-state index in [1.807, 2.05) is 52.0 Å². The first-order chi connectivity index (χ1) is 10.3. The van der Waals surface area contributed by atoms with Gasteiger partial charge >= 0.3 is 6.03 Å². The fourth-order valence-electron chi connectivity index (χ4n) is 2.65. The van der Waals surface area contributed by atoms with Gasteiger partial charge in [0, 0.05) is 22.7 Å². The Balaban J connectivity index is 2.22. The van der Waals surface area contributed by atoms with Crippen LogP contribution in [0.1, 0.15) is 32.8 Å². The van der Waals surface area contributed by atoms with Gasteiger partial charge < -0.3 is 21.4 Å². The molecule has 0 saturated carbocycles.